The minimum Gasteiger partial charge on any atom is -0.497 e. The van der Waals surface area contributed by atoms with E-state index in [4.69, 9.17) is 27.9 Å². The van der Waals surface area contributed by atoms with Gasteiger partial charge in [-0.15, -0.1) is 0 Å². The monoisotopic (exact) mass is 389 g/mol. The number of carbonyl (C=O) groups excluding carboxylic acids is 1. The molecule has 1 aromatic heterocycles. The predicted octanol–water partition coefficient (Wildman–Crippen LogP) is 4.00. The Morgan fingerprint density at radius 3 is 2.58 bits per heavy atom. The van der Waals surface area contributed by atoms with Crippen LogP contribution in [0, 0.1) is 0 Å². The van der Waals surface area contributed by atoms with Crippen LogP contribution < -0.4 is 15.7 Å². The van der Waals surface area contributed by atoms with E-state index in [0.29, 0.717) is 27.7 Å². The maximum absolute atomic E-state index is 12.5. The van der Waals surface area contributed by atoms with Crippen LogP contribution in [-0.4, -0.2) is 23.0 Å². The number of aromatic amines is 1. The summed E-state index contributed by atoms with van der Waals surface area (Å²) in [6.07, 6.45) is 0. The van der Waals surface area contributed by atoms with Gasteiger partial charge in [0.05, 0.1) is 28.5 Å². The highest BCUT2D eigenvalue weighted by Crippen LogP contribution is 2.29. The van der Waals surface area contributed by atoms with Crippen molar-refractivity contribution in [2.24, 2.45) is 0 Å². The molecule has 0 saturated carbocycles. The van der Waals surface area contributed by atoms with Gasteiger partial charge in [0.2, 0.25) is 0 Å². The smallest absolute Gasteiger partial charge is 0.346 e. The lowest BCUT2D eigenvalue weighted by atomic mass is 10.1. The Morgan fingerprint density at radius 1 is 1.15 bits per heavy atom. The number of hydrogen-bond donors (Lipinski definition) is 2. The average Bonchev–Trinajstić information content (AvgIpc) is 2.65. The Morgan fingerprint density at radius 2 is 1.88 bits per heavy atom. The zero-order valence-corrected chi connectivity index (χ0v) is 15.1. The highest BCUT2D eigenvalue weighted by atomic mass is 35.5. The molecule has 132 valence electrons. The first-order valence-corrected chi connectivity index (χ1v) is 8.24. The molecule has 0 unspecified atom stereocenters. The molecule has 0 radical (unpaired) electrons. The van der Waals surface area contributed by atoms with E-state index in [1.165, 1.54) is 6.07 Å². The topological polar surface area (TPSA) is 84.1 Å². The van der Waals surface area contributed by atoms with Crippen molar-refractivity contribution in [3.8, 4) is 17.0 Å². The Hall–Kier alpha value is -2.83. The maximum atomic E-state index is 12.5. The first-order chi connectivity index (χ1) is 12.5. The van der Waals surface area contributed by atoms with E-state index in [-0.39, 0.29) is 10.7 Å². The van der Waals surface area contributed by atoms with Crippen LogP contribution in [0.1, 0.15) is 10.5 Å². The van der Waals surface area contributed by atoms with Crippen LogP contribution in [0.15, 0.2) is 53.3 Å². The number of nitrogens with one attached hydrogen (secondary N) is 2. The fourth-order valence-corrected chi connectivity index (χ4v) is 2.63. The SMILES string of the molecule is COc1ccc(-c2cc(C(=O)Nc3cccc(Cl)c3Cl)[nH]c(=O)n2)cc1. The van der Waals surface area contributed by atoms with E-state index >= 15 is 0 Å². The van der Waals surface area contributed by atoms with Crippen LogP contribution in [0.3, 0.4) is 0 Å². The van der Waals surface area contributed by atoms with Gasteiger partial charge in [-0.1, -0.05) is 29.3 Å². The van der Waals surface area contributed by atoms with Gasteiger partial charge < -0.3 is 15.0 Å². The lowest BCUT2D eigenvalue weighted by Crippen LogP contribution is -2.21. The molecule has 0 aliphatic heterocycles. The van der Waals surface area contributed by atoms with Crippen LogP contribution >= 0.6 is 23.2 Å². The van der Waals surface area contributed by atoms with Crippen molar-refractivity contribution >= 4 is 34.8 Å². The minimum atomic E-state index is -0.638. The zero-order valence-electron chi connectivity index (χ0n) is 13.5. The number of amides is 1. The summed E-state index contributed by atoms with van der Waals surface area (Å²) in [5.41, 5.74) is 0.783. The van der Waals surface area contributed by atoms with Crippen molar-refractivity contribution in [3.05, 3.63) is 74.8 Å². The molecule has 0 aliphatic rings. The second kappa shape index (κ2) is 7.59. The molecular weight excluding hydrogens is 377 g/mol. The van der Waals surface area contributed by atoms with Crippen molar-refractivity contribution in [1.82, 2.24) is 9.97 Å². The summed E-state index contributed by atoms with van der Waals surface area (Å²) >= 11 is 12.0. The molecule has 2 N–H and O–H groups in total. The van der Waals surface area contributed by atoms with Crippen LogP contribution in [-0.2, 0) is 0 Å². The number of rotatable bonds is 4. The first-order valence-electron chi connectivity index (χ1n) is 7.49. The molecular formula is C18H13Cl2N3O3. The van der Waals surface area contributed by atoms with E-state index in [1.54, 1.807) is 49.6 Å². The van der Waals surface area contributed by atoms with Gasteiger partial charge in [-0.05, 0) is 42.5 Å². The van der Waals surface area contributed by atoms with Crippen molar-refractivity contribution < 1.29 is 9.53 Å². The van der Waals surface area contributed by atoms with E-state index in [0.717, 1.165) is 0 Å². The van der Waals surface area contributed by atoms with Crippen molar-refractivity contribution in [2.45, 2.75) is 0 Å². The number of benzene rings is 2. The summed E-state index contributed by atoms with van der Waals surface area (Å²) in [4.78, 5) is 30.7. The molecule has 3 rings (SSSR count). The van der Waals surface area contributed by atoms with Crippen molar-refractivity contribution in [2.75, 3.05) is 12.4 Å². The quantitative estimate of drug-likeness (QED) is 0.705. The average molecular weight is 390 g/mol. The summed E-state index contributed by atoms with van der Waals surface area (Å²) in [5, 5.41) is 3.15. The van der Waals surface area contributed by atoms with Crippen LogP contribution in [0.4, 0.5) is 5.69 Å². The van der Waals surface area contributed by atoms with Crippen molar-refractivity contribution in [3.63, 3.8) is 0 Å². The van der Waals surface area contributed by atoms with Crippen LogP contribution in [0.5, 0.6) is 5.75 Å². The molecule has 1 amide bonds. The molecule has 6 nitrogen and oxygen atoms in total. The standard InChI is InChI=1S/C18H13Cl2N3O3/c1-26-11-7-5-10(6-8-11)14-9-15(23-18(25)22-14)17(24)21-13-4-2-3-12(19)16(13)20/h2-9H,1H3,(H,21,24)(H,22,23,25). The fraction of sp³-hybridized carbons (Fsp3) is 0.0556. The summed E-state index contributed by atoms with van der Waals surface area (Å²) in [6, 6.07) is 13.3. The number of anilines is 1. The molecule has 26 heavy (non-hydrogen) atoms. The third-order valence-corrected chi connectivity index (χ3v) is 4.39. The van der Waals surface area contributed by atoms with Crippen LogP contribution in [0.2, 0.25) is 10.0 Å². The molecule has 0 bridgehead atoms. The lowest BCUT2D eigenvalue weighted by molar-refractivity contribution is 0.102. The summed E-state index contributed by atoms with van der Waals surface area (Å²) in [7, 11) is 1.56. The van der Waals surface area contributed by atoms with E-state index in [2.05, 4.69) is 15.3 Å². The van der Waals surface area contributed by atoms with Gasteiger partial charge in [-0.2, -0.15) is 4.98 Å². The maximum Gasteiger partial charge on any atom is 0.346 e. The van der Waals surface area contributed by atoms with Gasteiger partial charge in [0, 0.05) is 5.56 Å². The fourth-order valence-electron chi connectivity index (χ4n) is 2.28. The Bertz CT molecular complexity index is 1020. The molecule has 0 aliphatic carbocycles. The van der Waals surface area contributed by atoms with Crippen molar-refractivity contribution in [1.29, 1.82) is 0 Å². The number of nitrogens with zero attached hydrogens (tertiary/aromatic N) is 1. The highest BCUT2D eigenvalue weighted by Gasteiger charge is 2.13. The minimum absolute atomic E-state index is 0.0480. The first kappa shape index (κ1) is 18.0. The number of carbonyl (C=O) groups is 1. The second-order valence-electron chi connectivity index (χ2n) is 5.27. The largest absolute Gasteiger partial charge is 0.497 e. The summed E-state index contributed by atoms with van der Waals surface area (Å²) in [6.45, 7) is 0. The molecule has 0 fully saturated rings. The molecule has 3 aromatic rings. The molecule has 0 atom stereocenters. The van der Waals surface area contributed by atoms with Crippen LogP contribution in [0.25, 0.3) is 11.3 Å². The Labute approximate surface area is 158 Å². The number of methoxy groups -OCH3 is 1. The second-order valence-corrected chi connectivity index (χ2v) is 6.05. The third kappa shape index (κ3) is 3.87. The van der Waals surface area contributed by atoms with E-state index < -0.39 is 11.6 Å². The summed E-state index contributed by atoms with van der Waals surface area (Å²) in [5.74, 6) is 0.135. The van der Waals surface area contributed by atoms with E-state index in [9.17, 15) is 9.59 Å². The number of H-pyrrole nitrogens is 1. The molecule has 1 heterocycles. The normalized spacial score (nSPS) is 10.4. The van der Waals surface area contributed by atoms with Gasteiger partial charge in [0.15, 0.2) is 0 Å². The zero-order chi connectivity index (χ0) is 18.7. The number of halogens is 2. The lowest BCUT2D eigenvalue weighted by Gasteiger charge is -2.09. The molecule has 0 saturated heterocycles. The third-order valence-electron chi connectivity index (χ3n) is 3.57. The van der Waals surface area contributed by atoms with Gasteiger partial charge in [-0.25, -0.2) is 4.79 Å². The molecule has 2 aromatic carbocycles. The number of aromatic nitrogens is 2. The number of hydrogen-bond acceptors (Lipinski definition) is 4. The highest BCUT2D eigenvalue weighted by molar-refractivity contribution is 6.44. The number of ether oxygens (including phenoxy) is 1. The molecule has 8 heteroatoms. The Kier molecular flexibility index (Phi) is 5.25. The van der Waals surface area contributed by atoms with Gasteiger partial charge in [0.1, 0.15) is 11.4 Å². The van der Waals surface area contributed by atoms with E-state index in [1.807, 2.05) is 0 Å². The molecule has 0 spiro atoms. The summed E-state index contributed by atoms with van der Waals surface area (Å²) < 4.78 is 5.10. The van der Waals surface area contributed by atoms with Gasteiger partial charge >= 0.3 is 5.69 Å². The van der Waals surface area contributed by atoms with Gasteiger partial charge in [0.25, 0.3) is 5.91 Å². The predicted molar refractivity (Wildman–Crippen MR) is 101 cm³/mol. The Balaban J connectivity index is 1.92. The van der Waals surface area contributed by atoms with Gasteiger partial charge in [-0.3, -0.25) is 4.79 Å².